The molecule has 0 spiro atoms. The van der Waals surface area contributed by atoms with Crippen LogP contribution < -0.4 is 15.0 Å². The molecule has 1 aromatic carbocycles. The number of nitrogens with one attached hydrogen (secondary N) is 1. The second-order valence-corrected chi connectivity index (χ2v) is 9.48. The maximum absolute atomic E-state index is 12.3. The minimum atomic E-state index is 0.0747. The molecule has 2 saturated heterocycles. The van der Waals surface area contributed by atoms with Crippen LogP contribution >= 0.6 is 11.3 Å². The van der Waals surface area contributed by atoms with Gasteiger partial charge < -0.3 is 15.0 Å². The molecule has 1 amide bonds. The molecule has 31 heavy (non-hydrogen) atoms. The number of hydrogen-bond donors (Lipinski definition) is 1. The van der Waals surface area contributed by atoms with E-state index in [4.69, 9.17) is 4.74 Å². The first-order valence-corrected chi connectivity index (χ1v) is 12.3. The molecule has 7 heteroatoms. The van der Waals surface area contributed by atoms with Gasteiger partial charge in [-0.15, -0.1) is 11.3 Å². The SMILES string of the molecule is CN1CCCC1C(=O)NCCCN1CCN(c2ccccc2OCc2cccs2)CC1. The summed E-state index contributed by atoms with van der Waals surface area (Å²) in [7, 11) is 2.04. The lowest BCUT2D eigenvalue weighted by Gasteiger charge is -2.36. The van der Waals surface area contributed by atoms with Gasteiger partial charge >= 0.3 is 0 Å². The van der Waals surface area contributed by atoms with Crippen molar-refractivity contribution in [2.24, 2.45) is 0 Å². The zero-order chi connectivity index (χ0) is 21.5. The number of likely N-dealkylation sites (tertiary alicyclic amines) is 1. The summed E-state index contributed by atoms with van der Waals surface area (Å²) in [6.45, 7) is 7.53. The summed E-state index contributed by atoms with van der Waals surface area (Å²) in [6.07, 6.45) is 3.12. The number of rotatable bonds is 9. The molecular weight excluding hydrogens is 408 g/mol. The molecule has 2 aliphatic rings. The van der Waals surface area contributed by atoms with Crippen molar-refractivity contribution in [2.45, 2.75) is 31.9 Å². The lowest BCUT2D eigenvalue weighted by molar-refractivity contribution is -0.125. The molecule has 1 aromatic heterocycles. The summed E-state index contributed by atoms with van der Waals surface area (Å²) in [5.41, 5.74) is 1.19. The number of carbonyl (C=O) groups is 1. The van der Waals surface area contributed by atoms with Crippen LogP contribution in [0.15, 0.2) is 41.8 Å². The van der Waals surface area contributed by atoms with Crippen molar-refractivity contribution in [2.75, 3.05) is 57.8 Å². The van der Waals surface area contributed by atoms with Crippen LogP contribution in [0.2, 0.25) is 0 Å². The minimum Gasteiger partial charge on any atom is -0.486 e. The molecule has 6 nitrogen and oxygen atoms in total. The number of amides is 1. The number of para-hydroxylation sites is 2. The molecular formula is C24H34N4O2S. The smallest absolute Gasteiger partial charge is 0.237 e. The predicted molar refractivity (Wildman–Crippen MR) is 127 cm³/mol. The lowest BCUT2D eigenvalue weighted by atomic mass is 10.2. The largest absolute Gasteiger partial charge is 0.486 e. The molecule has 2 aromatic rings. The van der Waals surface area contributed by atoms with E-state index in [2.05, 4.69) is 55.7 Å². The summed E-state index contributed by atoms with van der Waals surface area (Å²) in [6, 6.07) is 12.6. The molecule has 0 radical (unpaired) electrons. The summed E-state index contributed by atoms with van der Waals surface area (Å²) in [5.74, 6) is 1.16. The molecule has 1 atom stereocenters. The number of nitrogens with zero attached hydrogens (tertiary/aromatic N) is 3. The molecule has 2 fully saturated rings. The Hall–Kier alpha value is -2.09. The Kier molecular flexibility index (Phi) is 7.83. The van der Waals surface area contributed by atoms with Crippen molar-refractivity contribution < 1.29 is 9.53 Å². The molecule has 168 valence electrons. The maximum atomic E-state index is 12.3. The summed E-state index contributed by atoms with van der Waals surface area (Å²) >= 11 is 1.73. The molecule has 2 aliphatic heterocycles. The van der Waals surface area contributed by atoms with E-state index >= 15 is 0 Å². The molecule has 0 saturated carbocycles. The first-order valence-electron chi connectivity index (χ1n) is 11.4. The van der Waals surface area contributed by atoms with Gasteiger partial charge in [-0.3, -0.25) is 14.6 Å². The third kappa shape index (κ3) is 5.99. The van der Waals surface area contributed by atoms with E-state index in [1.165, 1.54) is 10.6 Å². The van der Waals surface area contributed by atoms with Crippen LogP contribution in [0.25, 0.3) is 0 Å². The zero-order valence-electron chi connectivity index (χ0n) is 18.5. The van der Waals surface area contributed by atoms with Gasteiger partial charge in [-0.25, -0.2) is 0 Å². The van der Waals surface area contributed by atoms with E-state index < -0.39 is 0 Å². The van der Waals surface area contributed by atoms with E-state index in [1.807, 2.05) is 13.1 Å². The predicted octanol–water partition coefficient (Wildman–Crippen LogP) is 3.05. The van der Waals surface area contributed by atoms with Crippen molar-refractivity contribution in [3.8, 4) is 5.75 Å². The van der Waals surface area contributed by atoms with E-state index in [0.717, 1.165) is 70.8 Å². The van der Waals surface area contributed by atoms with Gasteiger partial charge in [0.1, 0.15) is 12.4 Å². The quantitative estimate of drug-likeness (QED) is 0.605. The van der Waals surface area contributed by atoms with Crippen molar-refractivity contribution in [1.82, 2.24) is 15.1 Å². The number of hydrogen-bond acceptors (Lipinski definition) is 6. The monoisotopic (exact) mass is 442 g/mol. The van der Waals surface area contributed by atoms with Gasteiger partial charge in [-0.1, -0.05) is 18.2 Å². The van der Waals surface area contributed by atoms with Gasteiger partial charge in [0, 0.05) is 37.6 Å². The summed E-state index contributed by atoms with van der Waals surface area (Å²) < 4.78 is 6.12. The number of likely N-dealkylation sites (N-methyl/N-ethyl adjacent to an activating group) is 1. The van der Waals surface area contributed by atoms with Crippen LogP contribution in [0.3, 0.4) is 0 Å². The summed E-state index contributed by atoms with van der Waals surface area (Å²) in [5, 5.41) is 5.21. The van der Waals surface area contributed by atoms with Crippen molar-refractivity contribution >= 4 is 22.9 Å². The number of piperazine rings is 1. The molecule has 1 unspecified atom stereocenters. The van der Waals surface area contributed by atoms with Crippen molar-refractivity contribution in [3.05, 3.63) is 46.7 Å². The van der Waals surface area contributed by atoms with Gasteiger partial charge in [-0.2, -0.15) is 0 Å². The first kappa shape index (κ1) is 22.1. The van der Waals surface area contributed by atoms with Crippen molar-refractivity contribution in [3.63, 3.8) is 0 Å². The van der Waals surface area contributed by atoms with Crippen LogP contribution in [-0.4, -0.2) is 74.6 Å². The standard InChI is InChI=1S/C24H34N4O2S/c1-26-12-4-9-22(26)24(29)25-11-6-13-27-14-16-28(17-15-27)21-8-2-3-10-23(21)30-19-20-7-5-18-31-20/h2-3,5,7-8,10,18,22H,4,6,9,11-17,19H2,1H3,(H,25,29). The molecule has 1 N–H and O–H groups in total. The maximum Gasteiger partial charge on any atom is 0.237 e. The number of anilines is 1. The lowest BCUT2D eigenvalue weighted by Crippen LogP contribution is -2.47. The normalized spacial score (nSPS) is 20.2. The Morgan fingerprint density at radius 1 is 1.13 bits per heavy atom. The van der Waals surface area contributed by atoms with E-state index in [-0.39, 0.29) is 11.9 Å². The van der Waals surface area contributed by atoms with Gasteiger partial charge in [0.2, 0.25) is 5.91 Å². The van der Waals surface area contributed by atoms with Gasteiger partial charge in [0.05, 0.1) is 11.7 Å². The van der Waals surface area contributed by atoms with Crippen LogP contribution in [0.1, 0.15) is 24.1 Å². The van der Waals surface area contributed by atoms with Crippen LogP contribution in [-0.2, 0) is 11.4 Å². The fraction of sp³-hybridized carbons (Fsp3) is 0.542. The zero-order valence-corrected chi connectivity index (χ0v) is 19.3. The van der Waals surface area contributed by atoms with E-state index in [1.54, 1.807) is 11.3 Å². The highest BCUT2D eigenvalue weighted by Crippen LogP contribution is 2.30. The molecule has 0 bridgehead atoms. The number of thiophene rings is 1. The minimum absolute atomic E-state index is 0.0747. The second-order valence-electron chi connectivity index (χ2n) is 8.45. The van der Waals surface area contributed by atoms with Crippen LogP contribution in [0, 0.1) is 0 Å². The second kappa shape index (κ2) is 11.0. The fourth-order valence-electron chi connectivity index (χ4n) is 4.47. The summed E-state index contributed by atoms with van der Waals surface area (Å²) in [4.78, 5) is 20.6. The van der Waals surface area contributed by atoms with Gasteiger partial charge in [-0.05, 0) is 63.0 Å². The number of carbonyl (C=O) groups excluding carboxylic acids is 1. The topological polar surface area (TPSA) is 48.1 Å². The van der Waals surface area contributed by atoms with Crippen molar-refractivity contribution in [1.29, 1.82) is 0 Å². The number of benzene rings is 1. The first-order chi connectivity index (χ1) is 15.2. The third-order valence-electron chi connectivity index (χ3n) is 6.30. The average molecular weight is 443 g/mol. The fourth-order valence-corrected chi connectivity index (χ4v) is 5.09. The van der Waals surface area contributed by atoms with Crippen LogP contribution in [0.5, 0.6) is 5.75 Å². The molecule has 3 heterocycles. The highest BCUT2D eigenvalue weighted by atomic mass is 32.1. The van der Waals surface area contributed by atoms with E-state index in [9.17, 15) is 4.79 Å². The van der Waals surface area contributed by atoms with E-state index in [0.29, 0.717) is 6.61 Å². The Balaban J connectivity index is 1.18. The Labute approximate surface area is 189 Å². The third-order valence-corrected chi connectivity index (χ3v) is 7.15. The number of ether oxygens (including phenoxy) is 1. The Morgan fingerprint density at radius 3 is 2.71 bits per heavy atom. The van der Waals surface area contributed by atoms with Crippen LogP contribution in [0.4, 0.5) is 5.69 Å². The van der Waals surface area contributed by atoms with Gasteiger partial charge in [0.25, 0.3) is 0 Å². The highest BCUT2D eigenvalue weighted by molar-refractivity contribution is 7.09. The van der Waals surface area contributed by atoms with Gasteiger partial charge in [0.15, 0.2) is 0 Å². The molecule has 4 rings (SSSR count). The Bertz CT molecular complexity index is 821. The molecule has 0 aliphatic carbocycles. The highest BCUT2D eigenvalue weighted by Gasteiger charge is 2.27. The average Bonchev–Trinajstić information content (AvgIpc) is 3.47. The Morgan fingerprint density at radius 2 is 1.97 bits per heavy atom.